The van der Waals surface area contributed by atoms with Gasteiger partial charge in [0.05, 0.1) is 6.04 Å². The highest BCUT2D eigenvalue weighted by Crippen LogP contribution is 2.34. The van der Waals surface area contributed by atoms with Gasteiger partial charge in [-0.15, -0.1) is 0 Å². The van der Waals surface area contributed by atoms with Gasteiger partial charge in [0.1, 0.15) is 11.9 Å². The maximum atomic E-state index is 6.38. The summed E-state index contributed by atoms with van der Waals surface area (Å²) in [7, 11) is 0. The summed E-state index contributed by atoms with van der Waals surface area (Å²) in [4.78, 5) is 0. The average molecular weight is 302 g/mol. The van der Waals surface area contributed by atoms with Crippen molar-refractivity contribution in [2.75, 3.05) is 6.54 Å². The molecule has 1 heterocycles. The maximum Gasteiger partial charge on any atom is 0.123 e. The molecule has 0 aliphatic carbocycles. The molecule has 0 saturated heterocycles. The Hall–Kier alpha value is -1.51. The Morgan fingerprint density at radius 2 is 2.10 bits per heavy atom. The Bertz CT molecular complexity index is 641. The predicted octanol–water partition coefficient (Wildman–Crippen LogP) is 4.36. The minimum Gasteiger partial charge on any atom is -0.490 e. The zero-order valence-corrected chi connectivity index (χ0v) is 13.2. The second-order valence-corrected chi connectivity index (χ2v) is 5.92. The largest absolute Gasteiger partial charge is 0.490 e. The zero-order chi connectivity index (χ0) is 14.8. The van der Waals surface area contributed by atoms with Gasteiger partial charge in [-0.1, -0.05) is 48.9 Å². The lowest BCUT2D eigenvalue weighted by Crippen LogP contribution is -2.22. The van der Waals surface area contributed by atoms with Crippen molar-refractivity contribution in [2.45, 2.75) is 32.4 Å². The van der Waals surface area contributed by atoms with E-state index in [1.54, 1.807) is 0 Å². The summed E-state index contributed by atoms with van der Waals surface area (Å²) in [6.07, 6.45) is 1.25. The lowest BCUT2D eigenvalue weighted by atomic mass is 9.96. The van der Waals surface area contributed by atoms with Crippen LogP contribution in [0.15, 0.2) is 42.5 Å². The van der Waals surface area contributed by atoms with Crippen LogP contribution in [0.5, 0.6) is 5.75 Å². The molecule has 1 aliphatic rings. The molecule has 0 bridgehead atoms. The molecule has 2 aromatic rings. The summed E-state index contributed by atoms with van der Waals surface area (Å²) in [6.45, 7) is 5.11. The van der Waals surface area contributed by atoms with Gasteiger partial charge >= 0.3 is 0 Å². The standard InChI is InChI=1S/C18H20ClNO/c1-3-20-18(15-6-4-5-7-16(15)19)13-8-9-17-14(11-13)10-12(2)21-17/h4-9,11-12,18,20H,3,10H2,1-2H3. The van der Waals surface area contributed by atoms with Crippen molar-refractivity contribution in [2.24, 2.45) is 0 Å². The molecular weight excluding hydrogens is 282 g/mol. The third-order valence-electron chi connectivity index (χ3n) is 3.88. The average Bonchev–Trinajstić information content (AvgIpc) is 2.85. The number of rotatable bonds is 4. The number of ether oxygens (including phenoxy) is 1. The van der Waals surface area contributed by atoms with Gasteiger partial charge < -0.3 is 10.1 Å². The van der Waals surface area contributed by atoms with Crippen LogP contribution in [-0.2, 0) is 6.42 Å². The fourth-order valence-corrected chi connectivity index (χ4v) is 3.19. The van der Waals surface area contributed by atoms with Crippen LogP contribution in [0.25, 0.3) is 0 Å². The first-order valence-corrected chi connectivity index (χ1v) is 7.84. The van der Waals surface area contributed by atoms with E-state index in [0.29, 0.717) is 0 Å². The van der Waals surface area contributed by atoms with Crippen LogP contribution in [0.4, 0.5) is 0 Å². The lowest BCUT2D eigenvalue weighted by Gasteiger charge is -2.20. The quantitative estimate of drug-likeness (QED) is 0.906. The summed E-state index contributed by atoms with van der Waals surface area (Å²) in [5, 5.41) is 4.33. The van der Waals surface area contributed by atoms with Crippen molar-refractivity contribution in [3.63, 3.8) is 0 Å². The van der Waals surface area contributed by atoms with Crippen LogP contribution >= 0.6 is 11.6 Å². The van der Waals surface area contributed by atoms with Crippen molar-refractivity contribution in [3.05, 3.63) is 64.2 Å². The SMILES string of the molecule is CCNC(c1ccc2c(c1)CC(C)O2)c1ccccc1Cl. The predicted molar refractivity (Wildman–Crippen MR) is 87.2 cm³/mol. The maximum absolute atomic E-state index is 6.38. The Morgan fingerprint density at radius 1 is 1.29 bits per heavy atom. The third-order valence-corrected chi connectivity index (χ3v) is 4.22. The molecule has 0 spiro atoms. The van der Waals surface area contributed by atoms with E-state index in [2.05, 4.69) is 43.4 Å². The molecule has 21 heavy (non-hydrogen) atoms. The number of nitrogens with one attached hydrogen (secondary N) is 1. The van der Waals surface area contributed by atoms with Gasteiger partial charge in [0, 0.05) is 11.4 Å². The summed E-state index contributed by atoms with van der Waals surface area (Å²) in [5.74, 6) is 1.01. The van der Waals surface area contributed by atoms with Crippen molar-refractivity contribution in [1.82, 2.24) is 5.32 Å². The highest BCUT2D eigenvalue weighted by atomic mass is 35.5. The number of benzene rings is 2. The van der Waals surface area contributed by atoms with Crippen LogP contribution in [0.2, 0.25) is 5.02 Å². The Kier molecular flexibility index (Phi) is 4.18. The van der Waals surface area contributed by atoms with Crippen molar-refractivity contribution in [3.8, 4) is 5.75 Å². The van der Waals surface area contributed by atoms with E-state index in [9.17, 15) is 0 Å². The van der Waals surface area contributed by atoms with E-state index < -0.39 is 0 Å². The van der Waals surface area contributed by atoms with Gasteiger partial charge in [0.25, 0.3) is 0 Å². The molecule has 3 rings (SSSR count). The van der Waals surface area contributed by atoms with E-state index in [0.717, 1.165) is 29.3 Å². The smallest absolute Gasteiger partial charge is 0.123 e. The van der Waals surface area contributed by atoms with Crippen LogP contribution in [0.3, 0.4) is 0 Å². The fraction of sp³-hybridized carbons (Fsp3) is 0.333. The first-order chi connectivity index (χ1) is 10.2. The summed E-state index contributed by atoms with van der Waals surface area (Å²) < 4.78 is 5.78. The second-order valence-electron chi connectivity index (χ2n) is 5.51. The monoisotopic (exact) mass is 301 g/mol. The second kappa shape index (κ2) is 6.08. The highest BCUT2D eigenvalue weighted by molar-refractivity contribution is 6.31. The molecule has 0 radical (unpaired) electrons. The fourth-order valence-electron chi connectivity index (χ4n) is 2.94. The molecule has 0 aromatic heterocycles. The minimum absolute atomic E-state index is 0.116. The molecule has 0 amide bonds. The molecule has 1 N–H and O–H groups in total. The van der Waals surface area contributed by atoms with Crippen LogP contribution in [-0.4, -0.2) is 12.6 Å². The van der Waals surface area contributed by atoms with Gasteiger partial charge in [-0.3, -0.25) is 0 Å². The molecule has 2 nitrogen and oxygen atoms in total. The summed E-state index contributed by atoms with van der Waals surface area (Å²) >= 11 is 6.38. The number of halogens is 1. The molecule has 2 atom stereocenters. The van der Waals surface area contributed by atoms with E-state index in [4.69, 9.17) is 16.3 Å². The minimum atomic E-state index is 0.116. The van der Waals surface area contributed by atoms with E-state index in [-0.39, 0.29) is 12.1 Å². The van der Waals surface area contributed by atoms with E-state index >= 15 is 0 Å². The number of fused-ring (bicyclic) bond motifs is 1. The van der Waals surface area contributed by atoms with Gasteiger partial charge in [0.15, 0.2) is 0 Å². The topological polar surface area (TPSA) is 21.3 Å². The molecule has 1 aliphatic heterocycles. The molecule has 110 valence electrons. The van der Waals surface area contributed by atoms with Gasteiger partial charge in [-0.05, 0) is 42.3 Å². The summed E-state index contributed by atoms with van der Waals surface area (Å²) in [5.41, 5.74) is 3.64. The number of hydrogen-bond acceptors (Lipinski definition) is 2. The third kappa shape index (κ3) is 2.92. The van der Waals surface area contributed by atoms with Crippen LogP contribution in [0.1, 0.15) is 36.6 Å². The van der Waals surface area contributed by atoms with E-state index in [1.807, 2.05) is 18.2 Å². The lowest BCUT2D eigenvalue weighted by molar-refractivity contribution is 0.254. The van der Waals surface area contributed by atoms with Crippen LogP contribution in [0, 0.1) is 0 Å². The van der Waals surface area contributed by atoms with Crippen molar-refractivity contribution in [1.29, 1.82) is 0 Å². The first-order valence-electron chi connectivity index (χ1n) is 7.46. The summed E-state index contributed by atoms with van der Waals surface area (Å²) in [6, 6.07) is 14.6. The van der Waals surface area contributed by atoms with Gasteiger partial charge in [-0.2, -0.15) is 0 Å². The Balaban J connectivity index is 1.99. The van der Waals surface area contributed by atoms with E-state index in [1.165, 1.54) is 11.1 Å². The van der Waals surface area contributed by atoms with Crippen LogP contribution < -0.4 is 10.1 Å². The first kappa shape index (κ1) is 14.4. The Morgan fingerprint density at radius 3 is 2.86 bits per heavy atom. The molecule has 2 unspecified atom stereocenters. The molecular formula is C18H20ClNO. The number of hydrogen-bond donors (Lipinski definition) is 1. The van der Waals surface area contributed by atoms with Gasteiger partial charge in [-0.25, -0.2) is 0 Å². The van der Waals surface area contributed by atoms with Crippen molar-refractivity contribution >= 4 is 11.6 Å². The molecule has 0 saturated carbocycles. The van der Waals surface area contributed by atoms with Gasteiger partial charge in [0.2, 0.25) is 0 Å². The van der Waals surface area contributed by atoms with Crippen molar-refractivity contribution < 1.29 is 4.74 Å². The molecule has 2 aromatic carbocycles. The normalized spacial score (nSPS) is 18.1. The molecule has 3 heteroatoms. The molecule has 0 fully saturated rings. The highest BCUT2D eigenvalue weighted by Gasteiger charge is 2.22. The zero-order valence-electron chi connectivity index (χ0n) is 12.4. The Labute approximate surface area is 131 Å².